The summed E-state index contributed by atoms with van der Waals surface area (Å²) in [6.45, 7) is 5.59. The average Bonchev–Trinajstić information content (AvgIpc) is 3.35. The predicted octanol–water partition coefficient (Wildman–Crippen LogP) is 3.94. The molecule has 1 aliphatic rings. The number of fused-ring (bicyclic) bond motifs is 2. The van der Waals surface area contributed by atoms with Gasteiger partial charge in [-0.05, 0) is 62.4 Å². The third kappa shape index (κ3) is 3.86. The van der Waals surface area contributed by atoms with Gasteiger partial charge in [-0.2, -0.15) is 4.98 Å². The second-order valence-corrected chi connectivity index (χ2v) is 8.88. The molecule has 8 nitrogen and oxygen atoms in total. The van der Waals surface area contributed by atoms with Crippen LogP contribution >= 0.6 is 0 Å². The summed E-state index contributed by atoms with van der Waals surface area (Å²) in [5.74, 6) is 0.741. The van der Waals surface area contributed by atoms with Crippen LogP contribution in [0.3, 0.4) is 0 Å². The lowest BCUT2D eigenvalue weighted by Gasteiger charge is -2.26. The summed E-state index contributed by atoms with van der Waals surface area (Å²) in [7, 11) is 0. The lowest BCUT2D eigenvalue weighted by Crippen LogP contribution is -2.36. The van der Waals surface area contributed by atoms with Gasteiger partial charge in [0.1, 0.15) is 6.54 Å². The summed E-state index contributed by atoms with van der Waals surface area (Å²) in [6.07, 6.45) is 2.96. The maximum Gasteiger partial charge on any atom is 0.329 e. The fourth-order valence-electron chi connectivity index (χ4n) is 4.77. The molecule has 33 heavy (non-hydrogen) atoms. The van der Waals surface area contributed by atoms with E-state index in [0.29, 0.717) is 17.2 Å². The van der Waals surface area contributed by atoms with Crippen molar-refractivity contribution in [2.75, 3.05) is 0 Å². The SMILES string of the molecule is Cc1nc(-c2ccc3c(c2)n(CC(=O)N[C@@H]2CCCc4ccccc42)c(=O)n3C(C)C)no1. The quantitative estimate of drug-likeness (QED) is 0.502. The van der Waals surface area contributed by atoms with Crippen molar-refractivity contribution in [3.05, 3.63) is 70.0 Å². The monoisotopic (exact) mass is 445 g/mol. The zero-order chi connectivity index (χ0) is 23.1. The molecular weight excluding hydrogens is 418 g/mol. The van der Waals surface area contributed by atoms with Gasteiger partial charge in [-0.15, -0.1) is 0 Å². The van der Waals surface area contributed by atoms with E-state index in [1.807, 2.05) is 44.2 Å². The van der Waals surface area contributed by atoms with Gasteiger partial charge in [0.05, 0.1) is 17.1 Å². The average molecular weight is 446 g/mol. The summed E-state index contributed by atoms with van der Waals surface area (Å²) in [4.78, 5) is 30.7. The molecular formula is C25H27N5O3. The van der Waals surface area contributed by atoms with Gasteiger partial charge in [-0.3, -0.25) is 13.9 Å². The zero-order valence-corrected chi connectivity index (χ0v) is 19.0. The van der Waals surface area contributed by atoms with Crippen molar-refractivity contribution in [1.29, 1.82) is 0 Å². The molecule has 0 fully saturated rings. The molecule has 1 atom stereocenters. The Morgan fingerprint density at radius 3 is 2.79 bits per heavy atom. The van der Waals surface area contributed by atoms with Crippen molar-refractivity contribution in [2.45, 2.75) is 58.7 Å². The van der Waals surface area contributed by atoms with Crippen LogP contribution in [0.4, 0.5) is 0 Å². The molecule has 4 aromatic rings. The van der Waals surface area contributed by atoms with E-state index in [1.165, 1.54) is 15.7 Å². The number of nitrogens with zero attached hydrogens (tertiary/aromatic N) is 4. The van der Waals surface area contributed by atoms with Gasteiger partial charge in [0.25, 0.3) is 0 Å². The van der Waals surface area contributed by atoms with Crippen molar-refractivity contribution >= 4 is 16.9 Å². The van der Waals surface area contributed by atoms with E-state index in [4.69, 9.17) is 4.52 Å². The van der Waals surface area contributed by atoms with Crippen molar-refractivity contribution in [1.82, 2.24) is 24.6 Å². The zero-order valence-electron chi connectivity index (χ0n) is 19.0. The molecule has 0 saturated carbocycles. The lowest BCUT2D eigenvalue weighted by molar-refractivity contribution is -0.122. The van der Waals surface area contributed by atoms with Crippen LogP contribution in [0, 0.1) is 6.92 Å². The number of carbonyl (C=O) groups is 1. The second-order valence-electron chi connectivity index (χ2n) is 8.88. The van der Waals surface area contributed by atoms with Crippen molar-refractivity contribution in [3.63, 3.8) is 0 Å². The number of rotatable bonds is 5. The number of nitrogens with one attached hydrogen (secondary N) is 1. The van der Waals surface area contributed by atoms with Crippen LogP contribution < -0.4 is 11.0 Å². The molecule has 2 aromatic carbocycles. The maximum absolute atomic E-state index is 13.3. The fraction of sp³-hybridized carbons (Fsp3) is 0.360. The van der Waals surface area contributed by atoms with E-state index >= 15 is 0 Å². The van der Waals surface area contributed by atoms with E-state index in [0.717, 1.165) is 30.3 Å². The number of benzene rings is 2. The summed E-state index contributed by atoms with van der Waals surface area (Å²) in [5.41, 5.74) is 4.42. The number of imidazole rings is 1. The van der Waals surface area contributed by atoms with E-state index < -0.39 is 0 Å². The molecule has 5 rings (SSSR count). The number of aromatic nitrogens is 4. The predicted molar refractivity (Wildman–Crippen MR) is 125 cm³/mol. The third-order valence-corrected chi connectivity index (χ3v) is 6.27. The Labute approximate surface area is 191 Å². The van der Waals surface area contributed by atoms with Gasteiger partial charge < -0.3 is 9.84 Å². The fourth-order valence-corrected chi connectivity index (χ4v) is 4.77. The molecule has 2 aromatic heterocycles. The number of hydrogen-bond donors (Lipinski definition) is 1. The maximum atomic E-state index is 13.3. The van der Waals surface area contributed by atoms with Gasteiger partial charge in [0.15, 0.2) is 0 Å². The molecule has 0 spiro atoms. The molecule has 1 N–H and O–H groups in total. The van der Waals surface area contributed by atoms with Crippen LogP contribution in [-0.2, 0) is 17.8 Å². The van der Waals surface area contributed by atoms with Crippen molar-refractivity contribution in [3.8, 4) is 11.4 Å². The first-order valence-electron chi connectivity index (χ1n) is 11.3. The smallest absolute Gasteiger partial charge is 0.329 e. The number of amides is 1. The van der Waals surface area contributed by atoms with Gasteiger partial charge in [-0.1, -0.05) is 29.4 Å². The van der Waals surface area contributed by atoms with Crippen LogP contribution in [0.25, 0.3) is 22.4 Å². The highest BCUT2D eigenvalue weighted by molar-refractivity contribution is 5.84. The number of carbonyl (C=O) groups excluding carboxylic acids is 1. The van der Waals surface area contributed by atoms with Gasteiger partial charge in [-0.25, -0.2) is 4.79 Å². The topological polar surface area (TPSA) is 95.0 Å². The lowest BCUT2D eigenvalue weighted by atomic mass is 9.88. The third-order valence-electron chi connectivity index (χ3n) is 6.27. The Bertz CT molecular complexity index is 1390. The highest BCUT2D eigenvalue weighted by Gasteiger charge is 2.23. The second kappa shape index (κ2) is 8.35. The first-order chi connectivity index (χ1) is 15.9. The highest BCUT2D eigenvalue weighted by Crippen LogP contribution is 2.29. The Morgan fingerprint density at radius 1 is 1.21 bits per heavy atom. The summed E-state index contributed by atoms with van der Waals surface area (Å²) >= 11 is 0. The van der Waals surface area contributed by atoms with Gasteiger partial charge in [0, 0.05) is 18.5 Å². The summed E-state index contributed by atoms with van der Waals surface area (Å²) in [5, 5.41) is 7.14. The molecule has 0 saturated heterocycles. The molecule has 0 bridgehead atoms. The molecule has 0 unspecified atom stereocenters. The van der Waals surface area contributed by atoms with Crippen LogP contribution in [0.5, 0.6) is 0 Å². The van der Waals surface area contributed by atoms with Crippen molar-refractivity contribution < 1.29 is 9.32 Å². The molecule has 170 valence electrons. The van der Waals surface area contributed by atoms with Crippen LogP contribution in [0.1, 0.15) is 55.8 Å². The molecule has 8 heteroatoms. The van der Waals surface area contributed by atoms with E-state index in [-0.39, 0.29) is 30.2 Å². The Balaban J connectivity index is 1.50. The molecule has 1 aliphatic carbocycles. The first-order valence-corrected chi connectivity index (χ1v) is 11.3. The molecule has 0 aliphatic heterocycles. The summed E-state index contributed by atoms with van der Waals surface area (Å²) in [6, 6.07) is 13.8. The Kier molecular flexibility index (Phi) is 5.36. The van der Waals surface area contributed by atoms with Crippen LogP contribution in [-0.4, -0.2) is 25.2 Å². The standard InChI is InChI=1S/C25H27N5O3/c1-15(2)30-21-12-11-18(24-26-16(3)33-28-24)13-22(21)29(25(30)32)14-23(31)27-20-10-6-8-17-7-4-5-9-19(17)20/h4-5,7,9,11-13,15,20H,6,8,10,14H2,1-3H3,(H,27,31)/t20-/m1/s1. The van der Waals surface area contributed by atoms with E-state index in [2.05, 4.69) is 27.6 Å². The Morgan fingerprint density at radius 2 is 2.03 bits per heavy atom. The van der Waals surface area contributed by atoms with Crippen LogP contribution in [0.2, 0.25) is 0 Å². The molecule has 0 radical (unpaired) electrons. The largest absolute Gasteiger partial charge is 0.348 e. The molecule has 1 amide bonds. The minimum Gasteiger partial charge on any atom is -0.348 e. The number of hydrogen-bond acceptors (Lipinski definition) is 5. The van der Waals surface area contributed by atoms with Gasteiger partial charge in [0.2, 0.25) is 17.6 Å². The highest BCUT2D eigenvalue weighted by atomic mass is 16.5. The minimum atomic E-state index is -0.208. The minimum absolute atomic E-state index is 0.0329. The number of aryl methyl sites for hydroxylation is 2. The van der Waals surface area contributed by atoms with Crippen LogP contribution in [0.15, 0.2) is 51.8 Å². The van der Waals surface area contributed by atoms with Crippen molar-refractivity contribution in [2.24, 2.45) is 0 Å². The normalized spacial score (nSPS) is 15.7. The van der Waals surface area contributed by atoms with Gasteiger partial charge >= 0.3 is 5.69 Å². The van der Waals surface area contributed by atoms with E-state index in [9.17, 15) is 9.59 Å². The first kappa shape index (κ1) is 21.2. The van der Waals surface area contributed by atoms with E-state index in [1.54, 1.807) is 11.5 Å². The Hall–Kier alpha value is -3.68. The molecule has 2 heterocycles. The summed E-state index contributed by atoms with van der Waals surface area (Å²) < 4.78 is 8.36.